The fourth-order valence-electron chi connectivity index (χ4n) is 4.60. The van der Waals surface area contributed by atoms with Crippen molar-refractivity contribution in [3.63, 3.8) is 0 Å². The smallest absolute Gasteiger partial charge is 0.317 e. The van der Waals surface area contributed by atoms with Crippen molar-refractivity contribution in [3.8, 4) is 0 Å². The number of hydrogen-bond acceptors (Lipinski definition) is 4. The van der Waals surface area contributed by atoms with Crippen LogP contribution in [0.25, 0.3) is 0 Å². The summed E-state index contributed by atoms with van der Waals surface area (Å²) in [5, 5.41) is 3.13. The summed E-state index contributed by atoms with van der Waals surface area (Å²) in [5.74, 6) is -0.336. The van der Waals surface area contributed by atoms with Gasteiger partial charge in [-0.05, 0) is 56.7 Å². The average molecular weight is 604 g/mol. The predicted octanol–water partition coefficient (Wildman–Crippen LogP) is 5.65. The molecular formula is C29H32Cl2N4O4S. The van der Waals surface area contributed by atoms with Gasteiger partial charge in [0.15, 0.2) is 0 Å². The number of sulfonamides is 1. The molecule has 0 aromatic heterocycles. The molecule has 1 heterocycles. The van der Waals surface area contributed by atoms with Crippen LogP contribution in [0.5, 0.6) is 0 Å². The fourth-order valence-corrected chi connectivity index (χ4v) is 6.87. The largest absolute Gasteiger partial charge is 0.336 e. The molecule has 1 unspecified atom stereocenters. The maximum absolute atomic E-state index is 14.1. The molecule has 212 valence electrons. The number of nitrogens with one attached hydrogen (secondary N) is 1. The first-order valence-electron chi connectivity index (χ1n) is 13.0. The fraction of sp³-hybridized carbons (Fsp3) is 0.310. The number of amides is 3. The summed E-state index contributed by atoms with van der Waals surface area (Å²) in [6.07, 6.45) is 0. The van der Waals surface area contributed by atoms with Crippen LogP contribution in [-0.2, 0) is 16.6 Å². The molecule has 8 nitrogen and oxygen atoms in total. The number of para-hydroxylation sites is 1. The van der Waals surface area contributed by atoms with Gasteiger partial charge >= 0.3 is 6.03 Å². The number of benzene rings is 3. The number of carbonyl (C=O) groups excluding carboxylic acids is 2. The lowest BCUT2D eigenvalue weighted by Crippen LogP contribution is -2.57. The lowest BCUT2D eigenvalue weighted by atomic mass is 10.1. The van der Waals surface area contributed by atoms with Crippen LogP contribution in [0.2, 0.25) is 10.0 Å². The number of nitrogens with zero attached hydrogens (tertiary/aromatic N) is 3. The first kappa shape index (κ1) is 29.7. The van der Waals surface area contributed by atoms with Gasteiger partial charge in [-0.1, -0.05) is 65.7 Å². The molecule has 3 aromatic carbocycles. The van der Waals surface area contributed by atoms with Gasteiger partial charge in [-0.3, -0.25) is 9.10 Å². The monoisotopic (exact) mass is 602 g/mol. The van der Waals surface area contributed by atoms with Gasteiger partial charge in [-0.25, -0.2) is 13.2 Å². The molecule has 1 aliphatic heterocycles. The Morgan fingerprint density at radius 2 is 1.65 bits per heavy atom. The quantitative estimate of drug-likeness (QED) is 0.378. The second kappa shape index (κ2) is 12.5. The van der Waals surface area contributed by atoms with E-state index in [-0.39, 0.29) is 51.1 Å². The molecule has 0 bridgehead atoms. The van der Waals surface area contributed by atoms with Gasteiger partial charge < -0.3 is 15.1 Å². The maximum atomic E-state index is 14.1. The summed E-state index contributed by atoms with van der Waals surface area (Å²) in [7, 11) is -4.25. The molecule has 0 spiro atoms. The number of urea groups is 1. The zero-order valence-electron chi connectivity index (χ0n) is 22.6. The summed E-state index contributed by atoms with van der Waals surface area (Å²) in [6, 6.07) is 19.6. The molecule has 1 saturated heterocycles. The summed E-state index contributed by atoms with van der Waals surface area (Å²) >= 11 is 12.9. The highest BCUT2D eigenvalue weighted by Crippen LogP contribution is 2.35. The van der Waals surface area contributed by atoms with E-state index in [0.717, 1.165) is 5.56 Å². The third-order valence-electron chi connectivity index (χ3n) is 6.62. The van der Waals surface area contributed by atoms with E-state index in [2.05, 4.69) is 5.32 Å². The Morgan fingerprint density at radius 3 is 2.30 bits per heavy atom. The first-order valence-corrected chi connectivity index (χ1v) is 15.2. The van der Waals surface area contributed by atoms with Crippen LogP contribution in [0.3, 0.4) is 0 Å². The molecule has 1 aliphatic rings. The molecule has 1 N–H and O–H groups in total. The van der Waals surface area contributed by atoms with Crippen molar-refractivity contribution in [1.82, 2.24) is 15.1 Å². The van der Waals surface area contributed by atoms with Gasteiger partial charge in [0.2, 0.25) is 0 Å². The summed E-state index contributed by atoms with van der Waals surface area (Å²) in [5.41, 5.74) is 1.24. The van der Waals surface area contributed by atoms with Gasteiger partial charge in [0.05, 0.1) is 22.3 Å². The predicted molar refractivity (Wildman–Crippen MR) is 158 cm³/mol. The van der Waals surface area contributed by atoms with Crippen LogP contribution in [0.15, 0.2) is 77.7 Å². The second-order valence-electron chi connectivity index (χ2n) is 9.99. The highest BCUT2D eigenvalue weighted by atomic mass is 35.5. The van der Waals surface area contributed by atoms with Crippen LogP contribution < -0.4 is 9.62 Å². The molecule has 1 fully saturated rings. The maximum Gasteiger partial charge on any atom is 0.317 e. The number of anilines is 1. The molecule has 0 aliphatic carbocycles. The van der Waals surface area contributed by atoms with Crippen LogP contribution in [-0.4, -0.2) is 61.9 Å². The van der Waals surface area contributed by atoms with Crippen molar-refractivity contribution in [2.45, 2.75) is 44.3 Å². The molecule has 11 heteroatoms. The van der Waals surface area contributed by atoms with Crippen molar-refractivity contribution in [2.75, 3.05) is 23.9 Å². The van der Waals surface area contributed by atoms with E-state index in [1.807, 2.05) is 51.1 Å². The highest BCUT2D eigenvalue weighted by Gasteiger charge is 2.33. The zero-order chi connectivity index (χ0) is 29.0. The Morgan fingerprint density at radius 1 is 0.975 bits per heavy atom. The van der Waals surface area contributed by atoms with E-state index in [1.165, 1.54) is 22.5 Å². The zero-order valence-corrected chi connectivity index (χ0v) is 24.9. The second-order valence-corrected chi connectivity index (χ2v) is 12.6. The van der Waals surface area contributed by atoms with Crippen molar-refractivity contribution in [3.05, 3.63) is 94.0 Å². The van der Waals surface area contributed by atoms with Gasteiger partial charge in [0.1, 0.15) is 4.90 Å². The van der Waals surface area contributed by atoms with Crippen LogP contribution in [0.4, 0.5) is 10.5 Å². The molecule has 1 atom stereocenters. The summed E-state index contributed by atoms with van der Waals surface area (Å²) < 4.78 is 29.5. The first-order chi connectivity index (χ1) is 19.0. The Bertz CT molecular complexity index is 1480. The molecule has 40 heavy (non-hydrogen) atoms. The van der Waals surface area contributed by atoms with Crippen LogP contribution >= 0.6 is 23.2 Å². The van der Waals surface area contributed by atoms with E-state index >= 15 is 0 Å². The SMILES string of the molecule is CC(C)NC(=O)N1CCN(C(=O)c2ccc(Cl)c(S(=O)(=O)N(Cc3ccccc3)c3ccccc3Cl)c2)C(C)C1. The third-order valence-corrected chi connectivity index (χ3v) is 9.18. The molecule has 0 radical (unpaired) electrons. The van der Waals surface area contributed by atoms with E-state index in [1.54, 1.807) is 34.1 Å². The minimum absolute atomic E-state index is 0.00382. The average Bonchev–Trinajstić information content (AvgIpc) is 2.92. The van der Waals surface area contributed by atoms with Crippen molar-refractivity contribution in [1.29, 1.82) is 0 Å². The van der Waals surface area contributed by atoms with Gasteiger partial charge in [-0.2, -0.15) is 0 Å². The Labute approximate surface area is 245 Å². The van der Waals surface area contributed by atoms with Crippen LogP contribution in [0, 0.1) is 0 Å². The molecule has 0 saturated carbocycles. The Hall–Kier alpha value is -3.27. The lowest BCUT2D eigenvalue weighted by Gasteiger charge is -2.40. The summed E-state index contributed by atoms with van der Waals surface area (Å²) in [4.78, 5) is 29.1. The topological polar surface area (TPSA) is 90.0 Å². The van der Waals surface area contributed by atoms with E-state index in [9.17, 15) is 18.0 Å². The normalized spacial score (nSPS) is 15.7. The minimum Gasteiger partial charge on any atom is -0.336 e. The van der Waals surface area contributed by atoms with Gasteiger partial charge in [0.25, 0.3) is 15.9 Å². The van der Waals surface area contributed by atoms with E-state index in [0.29, 0.717) is 25.3 Å². The number of halogens is 2. The highest BCUT2D eigenvalue weighted by molar-refractivity contribution is 7.93. The molecule has 3 amide bonds. The molecule has 3 aromatic rings. The number of carbonyl (C=O) groups is 2. The van der Waals surface area contributed by atoms with Gasteiger partial charge in [-0.15, -0.1) is 0 Å². The van der Waals surface area contributed by atoms with Gasteiger partial charge in [0, 0.05) is 37.3 Å². The van der Waals surface area contributed by atoms with Crippen LogP contribution in [0.1, 0.15) is 36.7 Å². The Balaban J connectivity index is 1.65. The molecular weight excluding hydrogens is 571 g/mol. The standard InChI is InChI=1S/C29H32Cl2N4O4S/c1-20(2)32-29(37)33-15-16-34(21(3)18-33)28(36)23-13-14-25(31)27(17-23)40(38,39)35(19-22-9-5-4-6-10-22)26-12-8-7-11-24(26)30/h4-14,17,20-21H,15-16,18-19H2,1-3H3,(H,32,37). The van der Waals surface area contributed by atoms with Crippen molar-refractivity contribution >= 4 is 50.9 Å². The van der Waals surface area contributed by atoms with Crippen molar-refractivity contribution < 1.29 is 18.0 Å². The van der Waals surface area contributed by atoms with Crippen molar-refractivity contribution in [2.24, 2.45) is 0 Å². The summed E-state index contributed by atoms with van der Waals surface area (Å²) in [6.45, 7) is 6.69. The van der Waals surface area contributed by atoms with E-state index in [4.69, 9.17) is 23.2 Å². The number of piperazine rings is 1. The number of rotatable bonds is 7. The Kier molecular flexibility index (Phi) is 9.28. The van der Waals surface area contributed by atoms with E-state index < -0.39 is 10.0 Å². The molecule has 4 rings (SSSR count). The third kappa shape index (κ3) is 6.54. The lowest BCUT2D eigenvalue weighted by molar-refractivity contribution is 0.0537. The minimum atomic E-state index is -4.25. The number of hydrogen-bond donors (Lipinski definition) is 1.